The van der Waals surface area contributed by atoms with Gasteiger partial charge >= 0.3 is 0 Å². The van der Waals surface area contributed by atoms with Gasteiger partial charge in [0.2, 0.25) is 0 Å². The van der Waals surface area contributed by atoms with E-state index >= 15 is 0 Å². The predicted molar refractivity (Wildman–Crippen MR) is 96.3 cm³/mol. The highest BCUT2D eigenvalue weighted by molar-refractivity contribution is 7.98. The Morgan fingerprint density at radius 3 is 2.76 bits per heavy atom. The molecular weight excluding hydrogens is 339 g/mol. The van der Waals surface area contributed by atoms with E-state index in [1.807, 2.05) is 32.0 Å². The van der Waals surface area contributed by atoms with Gasteiger partial charge in [-0.2, -0.15) is 0 Å². The highest BCUT2D eigenvalue weighted by Crippen LogP contribution is 2.27. The number of carbonyl (C=O) groups excluding carboxylic acids is 1. The Morgan fingerprint density at radius 2 is 2.00 bits per heavy atom. The first-order valence-electron chi connectivity index (χ1n) is 7.74. The number of rotatable bonds is 5. The van der Waals surface area contributed by atoms with Crippen LogP contribution in [-0.2, 0) is 5.75 Å². The summed E-state index contributed by atoms with van der Waals surface area (Å²) < 4.78 is 19.1. The molecule has 6 heteroatoms. The lowest BCUT2D eigenvalue weighted by molar-refractivity contribution is 0.102. The second kappa shape index (κ2) is 7.53. The van der Waals surface area contributed by atoms with Crippen molar-refractivity contribution in [3.8, 4) is 0 Å². The lowest BCUT2D eigenvalue weighted by atomic mass is 10.2. The van der Waals surface area contributed by atoms with Gasteiger partial charge in [-0.3, -0.25) is 4.79 Å². The lowest BCUT2D eigenvalue weighted by Gasteiger charge is -2.10. The molecule has 0 saturated carbocycles. The van der Waals surface area contributed by atoms with Crippen LogP contribution in [0.2, 0.25) is 0 Å². The number of anilines is 1. The van der Waals surface area contributed by atoms with Gasteiger partial charge in [0.25, 0.3) is 5.91 Å². The van der Waals surface area contributed by atoms with Crippen LogP contribution in [0.5, 0.6) is 0 Å². The minimum Gasteiger partial charge on any atom is -0.360 e. The van der Waals surface area contributed by atoms with Gasteiger partial charge in [-0.1, -0.05) is 23.4 Å². The minimum atomic E-state index is -0.457. The lowest BCUT2D eigenvalue weighted by Crippen LogP contribution is -2.14. The monoisotopic (exact) mass is 356 g/mol. The van der Waals surface area contributed by atoms with Crippen LogP contribution in [0.25, 0.3) is 0 Å². The van der Waals surface area contributed by atoms with Gasteiger partial charge in [0, 0.05) is 11.0 Å². The molecule has 1 amide bonds. The summed E-state index contributed by atoms with van der Waals surface area (Å²) in [5, 5.41) is 6.50. The molecule has 0 saturated heterocycles. The average molecular weight is 356 g/mol. The van der Waals surface area contributed by atoms with E-state index in [2.05, 4.69) is 10.5 Å². The molecule has 0 unspecified atom stereocenters. The molecule has 1 N–H and O–H groups in total. The first-order valence-corrected chi connectivity index (χ1v) is 8.73. The van der Waals surface area contributed by atoms with Crippen LogP contribution in [0, 0.1) is 19.7 Å². The van der Waals surface area contributed by atoms with Crippen LogP contribution in [-0.4, -0.2) is 11.1 Å². The van der Waals surface area contributed by atoms with Gasteiger partial charge in [-0.05, 0) is 43.7 Å². The third-order valence-electron chi connectivity index (χ3n) is 3.55. The molecule has 1 aromatic heterocycles. The summed E-state index contributed by atoms with van der Waals surface area (Å²) in [5.41, 5.74) is 2.36. The quantitative estimate of drug-likeness (QED) is 0.656. The Hall–Kier alpha value is -2.60. The van der Waals surface area contributed by atoms with Crippen LogP contribution in [0.4, 0.5) is 10.1 Å². The fourth-order valence-corrected chi connectivity index (χ4v) is 3.26. The molecule has 0 aliphatic carbocycles. The number of hydrogen-bond acceptors (Lipinski definition) is 4. The number of halogens is 1. The van der Waals surface area contributed by atoms with Crippen molar-refractivity contribution >= 4 is 23.4 Å². The van der Waals surface area contributed by atoms with Crippen LogP contribution < -0.4 is 5.32 Å². The summed E-state index contributed by atoms with van der Waals surface area (Å²) in [6.45, 7) is 3.70. The second-order valence-electron chi connectivity index (χ2n) is 5.66. The van der Waals surface area contributed by atoms with Crippen molar-refractivity contribution in [1.82, 2.24) is 5.16 Å². The largest absolute Gasteiger partial charge is 0.360 e. The fourth-order valence-electron chi connectivity index (χ4n) is 2.34. The number of nitrogens with zero attached hydrogens (tertiary/aromatic N) is 1. The van der Waals surface area contributed by atoms with Gasteiger partial charge < -0.3 is 9.84 Å². The van der Waals surface area contributed by atoms with Crippen molar-refractivity contribution < 1.29 is 13.7 Å². The zero-order valence-electron chi connectivity index (χ0n) is 13.9. The van der Waals surface area contributed by atoms with Crippen LogP contribution >= 0.6 is 11.8 Å². The number of amides is 1. The molecule has 0 aliphatic heterocycles. The molecule has 0 fully saturated rings. The van der Waals surface area contributed by atoms with Crippen molar-refractivity contribution in [2.24, 2.45) is 0 Å². The molecular formula is C19H17FN2O2S. The molecule has 0 bridgehead atoms. The SMILES string of the molecule is Cc1ccc(F)c(NC(=O)c2ccccc2SCc2cc(C)no2)c1. The van der Waals surface area contributed by atoms with Crippen LogP contribution in [0.1, 0.15) is 27.4 Å². The summed E-state index contributed by atoms with van der Waals surface area (Å²) in [7, 11) is 0. The van der Waals surface area contributed by atoms with Gasteiger partial charge in [-0.25, -0.2) is 4.39 Å². The number of benzene rings is 2. The third kappa shape index (κ3) is 4.28. The molecule has 0 spiro atoms. The van der Waals surface area contributed by atoms with Gasteiger partial charge in [0.15, 0.2) is 0 Å². The average Bonchev–Trinajstić information content (AvgIpc) is 3.02. The number of aryl methyl sites for hydroxylation is 2. The molecule has 3 aromatic rings. The Kier molecular flexibility index (Phi) is 5.19. The summed E-state index contributed by atoms with van der Waals surface area (Å²) in [4.78, 5) is 13.4. The van der Waals surface area contributed by atoms with E-state index in [0.717, 1.165) is 21.9 Å². The van der Waals surface area contributed by atoms with Crippen molar-refractivity contribution in [2.45, 2.75) is 24.5 Å². The Labute approximate surface area is 149 Å². The van der Waals surface area contributed by atoms with Gasteiger partial charge in [-0.15, -0.1) is 11.8 Å². The standard InChI is InChI=1S/C19H17FN2O2S/c1-12-7-8-16(20)17(9-12)21-19(23)15-5-3-4-6-18(15)25-11-14-10-13(2)22-24-14/h3-10H,11H2,1-2H3,(H,21,23). The van der Waals surface area contributed by atoms with Gasteiger partial charge in [0.1, 0.15) is 11.6 Å². The Morgan fingerprint density at radius 1 is 1.20 bits per heavy atom. The summed E-state index contributed by atoms with van der Waals surface area (Å²) in [6.07, 6.45) is 0. The maximum Gasteiger partial charge on any atom is 0.256 e. The number of hydrogen-bond donors (Lipinski definition) is 1. The molecule has 0 aliphatic rings. The highest BCUT2D eigenvalue weighted by Gasteiger charge is 2.14. The van der Waals surface area contributed by atoms with E-state index < -0.39 is 5.82 Å². The Bertz CT molecular complexity index is 908. The zero-order valence-corrected chi connectivity index (χ0v) is 14.7. The van der Waals surface area contributed by atoms with Crippen molar-refractivity contribution in [1.29, 1.82) is 0 Å². The molecule has 0 radical (unpaired) electrons. The van der Waals surface area contributed by atoms with Gasteiger partial charge in [0.05, 0.1) is 22.7 Å². The summed E-state index contributed by atoms with van der Waals surface area (Å²) in [5.74, 6) is 0.495. The maximum atomic E-state index is 13.9. The smallest absolute Gasteiger partial charge is 0.256 e. The van der Waals surface area contributed by atoms with E-state index in [0.29, 0.717) is 11.3 Å². The number of carbonyl (C=O) groups is 1. The fraction of sp³-hybridized carbons (Fsp3) is 0.158. The predicted octanol–water partition coefficient (Wildman–Crippen LogP) is 4.98. The first-order chi connectivity index (χ1) is 12.0. The number of nitrogens with one attached hydrogen (secondary N) is 1. The normalized spacial score (nSPS) is 10.7. The molecule has 25 heavy (non-hydrogen) atoms. The summed E-state index contributed by atoms with van der Waals surface area (Å²) in [6, 6.07) is 13.7. The molecule has 3 rings (SSSR count). The van der Waals surface area contributed by atoms with E-state index in [9.17, 15) is 9.18 Å². The Balaban J connectivity index is 1.77. The molecule has 4 nitrogen and oxygen atoms in total. The van der Waals surface area contributed by atoms with Crippen molar-refractivity contribution in [3.63, 3.8) is 0 Å². The first kappa shape index (κ1) is 17.2. The van der Waals surface area contributed by atoms with Crippen LogP contribution in [0.3, 0.4) is 0 Å². The van der Waals surface area contributed by atoms with Crippen molar-refractivity contribution in [2.75, 3.05) is 5.32 Å². The van der Waals surface area contributed by atoms with E-state index in [4.69, 9.17) is 4.52 Å². The van der Waals surface area contributed by atoms with E-state index in [1.54, 1.807) is 24.3 Å². The highest BCUT2D eigenvalue weighted by atomic mass is 32.2. The molecule has 128 valence electrons. The molecule has 0 atom stereocenters. The topological polar surface area (TPSA) is 55.1 Å². The maximum absolute atomic E-state index is 13.9. The summed E-state index contributed by atoms with van der Waals surface area (Å²) >= 11 is 1.47. The van der Waals surface area contributed by atoms with Crippen LogP contribution in [0.15, 0.2) is 57.9 Å². The zero-order chi connectivity index (χ0) is 17.8. The molecule has 1 heterocycles. The number of thioether (sulfide) groups is 1. The van der Waals surface area contributed by atoms with E-state index in [-0.39, 0.29) is 11.6 Å². The number of aromatic nitrogens is 1. The second-order valence-corrected chi connectivity index (χ2v) is 6.67. The minimum absolute atomic E-state index is 0.177. The van der Waals surface area contributed by atoms with E-state index in [1.165, 1.54) is 17.8 Å². The molecule has 2 aromatic carbocycles. The third-order valence-corrected chi connectivity index (χ3v) is 4.64. The van der Waals surface area contributed by atoms with Crippen molar-refractivity contribution in [3.05, 3.63) is 76.9 Å².